The van der Waals surface area contributed by atoms with Crippen LogP contribution >= 0.6 is 0 Å². The van der Waals surface area contributed by atoms with E-state index in [-0.39, 0.29) is 10.8 Å². The number of ether oxygens (including phenoxy) is 1. The van der Waals surface area contributed by atoms with Crippen molar-refractivity contribution < 1.29 is 9.29 Å². The first-order chi connectivity index (χ1) is 9.22. The van der Waals surface area contributed by atoms with E-state index in [2.05, 4.69) is 4.98 Å². The lowest BCUT2D eigenvalue weighted by atomic mass is 9.94. The standard InChI is InChI=1S/C14H25BN2O2S/c1-7-17(20(18)14(3,4)5)10(2)12-8-11(15)13(19-6)9-16-12/h8-10H,7,15H2,1-6H3/t10-,20?/m1/s1. The van der Waals surface area contributed by atoms with Crippen LogP contribution in [0, 0.1) is 0 Å². The largest absolute Gasteiger partial charge is 0.597 e. The van der Waals surface area contributed by atoms with Crippen LogP contribution in [0.5, 0.6) is 5.75 Å². The smallest absolute Gasteiger partial charge is 0.144 e. The summed E-state index contributed by atoms with van der Waals surface area (Å²) < 4.78 is 19.5. The molecule has 1 rings (SSSR count). The highest BCUT2D eigenvalue weighted by molar-refractivity contribution is 7.90. The third-order valence-electron chi connectivity index (χ3n) is 3.21. The van der Waals surface area contributed by atoms with Gasteiger partial charge in [-0.2, -0.15) is 0 Å². The molecule has 1 unspecified atom stereocenters. The van der Waals surface area contributed by atoms with Crippen LogP contribution in [0.25, 0.3) is 0 Å². The van der Waals surface area contributed by atoms with Crippen LogP contribution in [0.4, 0.5) is 0 Å². The van der Waals surface area contributed by atoms with Crippen LogP contribution in [-0.4, -0.2) is 40.1 Å². The maximum atomic E-state index is 12.6. The topological polar surface area (TPSA) is 48.4 Å². The quantitative estimate of drug-likeness (QED) is 0.605. The van der Waals surface area contributed by atoms with E-state index in [0.29, 0.717) is 0 Å². The van der Waals surface area contributed by atoms with E-state index in [9.17, 15) is 4.55 Å². The number of nitrogens with zero attached hydrogens (tertiary/aromatic N) is 2. The molecule has 0 fully saturated rings. The van der Waals surface area contributed by atoms with Crippen LogP contribution in [-0.2, 0) is 11.4 Å². The third-order valence-corrected chi connectivity index (χ3v) is 5.26. The highest BCUT2D eigenvalue weighted by atomic mass is 32.2. The molecule has 112 valence electrons. The molecule has 6 heteroatoms. The summed E-state index contributed by atoms with van der Waals surface area (Å²) >= 11 is -1.06. The van der Waals surface area contributed by atoms with E-state index in [1.807, 2.05) is 52.8 Å². The molecule has 0 aliphatic carbocycles. The van der Waals surface area contributed by atoms with E-state index in [0.717, 1.165) is 23.5 Å². The monoisotopic (exact) mass is 296 g/mol. The zero-order valence-electron chi connectivity index (χ0n) is 13.6. The lowest BCUT2D eigenvalue weighted by Crippen LogP contribution is -2.44. The first-order valence-electron chi connectivity index (χ1n) is 6.91. The van der Waals surface area contributed by atoms with Crippen molar-refractivity contribution in [3.05, 3.63) is 18.0 Å². The summed E-state index contributed by atoms with van der Waals surface area (Å²) in [6.07, 6.45) is 1.73. The first kappa shape index (κ1) is 17.3. The van der Waals surface area contributed by atoms with Gasteiger partial charge >= 0.3 is 0 Å². The predicted molar refractivity (Wildman–Crippen MR) is 87.7 cm³/mol. The van der Waals surface area contributed by atoms with Gasteiger partial charge in [0.05, 0.1) is 25.0 Å². The van der Waals surface area contributed by atoms with E-state index in [1.54, 1.807) is 13.3 Å². The molecule has 0 aliphatic rings. The molecule has 0 bridgehead atoms. The maximum absolute atomic E-state index is 12.6. The minimum Gasteiger partial charge on any atom is -0.597 e. The molecule has 0 radical (unpaired) electrons. The average molecular weight is 296 g/mol. The Balaban J connectivity index is 3.02. The Bertz CT molecular complexity index is 451. The molecule has 0 aromatic carbocycles. The van der Waals surface area contributed by atoms with Crippen molar-refractivity contribution in [3.63, 3.8) is 0 Å². The Labute approximate surface area is 126 Å². The summed E-state index contributed by atoms with van der Waals surface area (Å²) in [4.78, 5) is 4.44. The number of hydrogen-bond acceptors (Lipinski definition) is 4. The average Bonchev–Trinajstić information content (AvgIpc) is 2.38. The minimum atomic E-state index is -1.06. The molecule has 1 aromatic heterocycles. The Morgan fingerprint density at radius 3 is 2.50 bits per heavy atom. The van der Waals surface area contributed by atoms with Gasteiger partial charge in [0.1, 0.15) is 18.3 Å². The number of pyridine rings is 1. The molecule has 0 aliphatic heterocycles. The normalized spacial score (nSPS) is 15.2. The molecule has 4 nitrogen and oxygen atoms in total. The molecule has 0 N–H and O–H groups in total. The summed E-state index contributed by atoms with van der Waals surface area (Å²) in [5.41, 5.74) is 1.96. The second-order valence-electron chi connectivity index (χ2n) is 5.85. The van der Waals surface area contributed by atoms with Gasteiger partial charge in [-0.1, -0.05) is 0 Å². The van der Waals surface area contributed by atoms with E-state index < -0.39 is 11.4 Å². The molecule has 2 atom stereocenters. The lowest BCUT2D eigenvalue weighted by molar-refractivity contribution is 0.339. The van der Waals surface area contributed by atoms with Gasteiger partial charge in [-0.3, -0.25) is 4.98 Å². The summed E-state index contributed by atoms with van der Waals surface area (Å²) in [6.45, 7) is 10.8. The van der Waals surface area contributed by atoms with E-state index >= 15 is 0 Å². The SMILES string of the molecule is Bc1cc([C@@H](C)N(CC)[S+]([O-])C(C)(C)C)ncc1OC. The number of methoxy groups -OCH3 is 1. The van der Waals surface area contributed by atoms with Crippen LogP contribution in [0.15, 0.2) is 12.3 Å². The van der Waals surface area contributed by atoms with Crippen LogP contribution in [0.2, 0.25) is 0 Å². The first-order valence-corrected chi connectivity index (χ1v) is 8.02. The Kier molecular flexibility index (Phi) is 5.92. The molecule has 0 saturated heterocycles. The molecular weight excluding hydrogens is 271 g/mol. The summed E-state index contributed by atoms with van der Waals surface area (Å²) in [7, 11) is 3.63. The maximum Gasteiger partial charge on any atom is 0.144 e. The Morgan fingerprint density at radius 2 is 2.10 bits per heavy atom. The van der Waals surface area contributed by atoms with Crippen LogP contribution < -0.4 is 10.2 Å². The molecule has 1 heterocycles. The van der Waals surface area contributed by atoms with Crippen LogP contribution in [0.1, 0.15) is 46.4 Å². The second kappa shape index (κ2) is 6.83. The fraction of sp³-hybridized carbons (Fsp3) is 0.643. The predicted octanol–water partition coefficient (Wildman–Crippen LogP) is 1.19. The van der Waals surface area contributed by atoms with Gasteiger partial charge in [-0.15, -0.1) is 4.31 Å². The zero-order valence-corrected chi connectivity index (χ0v) is 14.4. The van der Waals surface area contributed by atoms with Gasteiger partial charge in [-0.05, 0) is 46.1 Å². The molecule has 0 amide bonds. The molecule has 20 heavy (non-hydrogen) atoms. The molecular formula is C14H25BN2O2S. The van der Waals surface area contributed by atoms with Crippen molar-refractivity contribution in [1.29, 1.82) is 0 Å². The van der Waals surface area contributed by atoms with Gasteiger partial charge in [-0.25, -0.2) is 0 Å². The van der Waals surface area contributed by atoms with E-state index in [1.165, 1.54) is 0 Å². The van der Waals surface area contributed by atoms with Crippen molar-refractivity contribution in [2.24, 2.45) is 0 Å². The molecule has 1 aromatic rings. The van der Waals surface area contributed by atoms with E-state index in [4.69, 9.17) is 4.74 Å². The minimum absolute atomic E-state index is 0.00432. The van der Waals surface area contributed by atoms with Gasteiger partial charge in [0.15, 0.2) is 0 Å². The van der Waals surface area contributed by atoms with Gasteiger partial charge < -0.3 is 9.29 Å². The third kappa shape index (κ3) is 3.90. The highest BCUT2D eigenvalue weighted by Gasteiger charge is 2.36. The number of aromatic nitrogens is 1. The zero-order chi connectivity index (χ0) is 15.5. The summed E-state index contributed by atoms with van der Waals surface area (Å²) in [5.74, 6) is 0.779. The Hall–Kier alpha value is -0.715. The van der Waals surface area contributed by atoms with Crippen molar-refractivity contribution in [1.82, 2.24) is 9.29 Å². The molecule has 0 saturated carbocycles. The lowest BCUT2D eigenvalue weighted by Gasteiger charge is -2.35. The summed E-state index contributed by atoms with van der Waals surface area (Å²) in [6, 6.07) is 2.01. The van der Waals surface area contributed by atoms with Gasteiger partial charge in [0.25, 0.3) is 0 Å². The van der Waals surface area contributed by atoms with Gasteiger partial charge in [0.2, 0.25) is 0 Å². The van der Waals surface area contributed by atoms with Gasteiger partial charge in [0, 0.05) is 17.9 Å². The highest BCUT2D eigenvalue weighted by Crippen LogP contribution is 2.28. The van der Waals surface area contributed by atoms with Crippen LogP contribution in [0.3, 0.4) is 0 Å². The molecule has 0 spiro atoms. The van der Waals surface area contributed by atoms with Crippen molar-refractivity contribution >= 4 is 24.7 Å². The van der Waals surface area contributed by atoms with Crippen molar-refractivity contribution in [2.45, 2.75) is 45.4 Å². The van der Waals surface area contributed by atoms with Crippen molar-refractivity contribution in [2.75, 3.05) is 13.7 Å². The fourth-order valence-corrected chi connectivity index (χ4v) is 3.37. The summed E-state index contributed by atoms with van der Waals surface area (Å²) in [5, 5.41) is 0. The van der Waals surface area contributed by atoms with Crippen molar-refractivity contribution in [3.8, 4) is 5.75 Å². The number of rotatable bonds is 5. The fourth-order valence-electron chi connectivity index (χ4n) is 2.04. The Morgan fingerprint density at radius 1 is 1.50 bits per heavy atom. The number of hydrogen-bond donors (Lipinski definition) is 0. The second-order valence-corrected chi connectivity index (χ2v) is 8.04.